The van der Waals surface area contributed by atoms with Crippen molar-refractivity contribution in [3.63, 3.8) is 0 Å². The Balaban J connectivity index is 1.41. The monoisotopic (exact) mass is 398 g/mol. The third kappa shape index (κ3) is 5.36. The molecule has 0 fully saturated rings. The van der Waals surface area contributed by atoms with Crippen molar-refractivity contribution in [1.82, 2.24) is 10.3 Å². The number of nitrogens with zero attached hydrogens (tertiary/aromatic N) is 1. The fourth-order valence-corrected chi connectivity index (χ4v) is 3.27. The summed E-state index contributed by atoms with van der Waals surface area (Å²) in [6, 6.07) is 15.3. The number of thioether (sulfide) groups is 1. The summed E-state index contributed by atoms with van der Waals surface area (Å²) in [5, 5.41) is 3.22. The summed E-state index contributed by atoms with van der Waals surface area (Å²) in [6.07, 6.45) is 0.971. The quantitative estimate of drug-likeness (QED) is 0.458. The molecule has 3 rings (SSSR count). The van der Waals surface area contributed by atoms with E-state index in [1.807, 2.05) is 55.5 Å². The molecule has 0 aliphatic carbocycles. The molecule has 1 aromatic heterocycles. The molecule has 0 saturated carbocycles. The predicted octanol–water partition coefficient (Wildman–Crippen LogP) is 3.90. The second kappa shape index (κ2) is 9.41. The number of ether oxygens (including phenoxy) is 1. The molecule has 1 atom stereocenters. The average molecular weight is 398 g/mol. The zero-order valence-corrected chi connectivity index (χ0v) is 16.6. The van der Waals surface area contributed by atoms with Crippen molar-refractivity contribution in [2.24, 2.45) is 0 Å². The third-order valence-electron chi connectivity index (χ3n) is 4.22. The zero-order chi connectivity index (χ0) is 19.9. The van der Waals surface area contributed by atoms with Gasteiger partial charge in [-0.15, -0.1) is 0 Å². The minimum absolute atomic E-state index is 0.0220. The lowest BCUT2D eigenvalue weighted by molar-refractivity contribution is -0.146. The molecule has 0 aliphatic heterocycles. The van der Waals surface area contributed by atoms with Crippen LogP contribution in [0, 0.1) is 0 Å². The van der Waals surface area contributed by atoms with Crippen molar-refractivity contribution in [3.05, 3.63) is 59.7 Å². The highest BCUT2D eigenvalue weighted by Gasteiger charge is 2.14. The Bertz CT molecular complexity index is 919. The van der Waals surface area contributed by atoms with Gasteiger partial charge in [-0.05, 0) is 36.6 Å². The third-order valence-corrected chi connectivity index (χ3v) is 5.02. The Hall–Kier alpha value is -2.80. The van der Waals surface area contributed by atoms with E-state index < -0.39 is 5.97 Å². The normalized spacial score (nSPS) is 11.9. The molecular formula is C21H22N2O4S. The number of aromatic nitrogens is 1. The van der Waals surface area contributed by atoms with E-state index in [9.17, 15) is 9.59 Å². The standard InChI is InChI=1S/C21H22N2O4S/c1-3-15-8-10-16(11-9-15)14(2)22-19(24)12-26-20(25)13-28-21-23-17-6-4-5-7-18(17)27-21/h4-11,14H,3,12-13H2,1-2H3,(H,22,24). The van der Waals surface area contributed by atoms with Gasteiger partial charge < -0.3 is 14.5 Å². The number of hydrogen-bond donors (Lipinski definition) is 1. The summed E-state index contributed by atoms with van der Waals surface area (Å²) in [7, 11) is 0. The maximum absolute atomic E-state index is 12.0. The van der Waals surface area contributed by atoms with Crippen LogP contribution < -0.4 is 5.32 Å². The molecular weight excluding hydrogens is 376 g/mol. The molecule has 1 unspecified atom stereocenters. The van der Waals surface area contributed by atoms with Gasteiger partial charge in [0.2, 0.25) is 0 Å². The van der Waals surface area contributed by atoms with Crippen LogP contribution in [0.25, 0.3) is 11.1 Å². The molecule has 0 bridgehead atoms. The van der Waals surface area contributed by atoms with Gasteiger partial charge in [0, 0.05) is 0 Å². The maximum atomic E-state index is 12.0. The molecule has 0 aliphatic rings. The van der Waals surface area contributed by atoms with Crippen LogP contribution in [0.5, 0.6) is 0 Å². The summed E-state index contributed by atoms with van der Waals surface area (Å²) in [5.74, 6) is -0.816. The first kappa shape index (κ1) is 19.9. The number of hydrogen-bond acceptors (Lipinski definition) is 6. The topological polar surface area (TPSA) is 81.4 Å². The lowest BCUT2D eigenvalue weighted by Gasteiger charge is -2.14. The molecule has 2 aromatic carbocycles. The van der Waals surface area contributed by atoms with Crippen molar-refractivity contribution in [2.45, 2.75) is 31.5 Å². The fourth-order valence-electron chi connectivity index (χ4n) is 2.63. The van der Waals surface area contributed by atoms with E-state index >= 15 is 0 Å². The minimum atomic E-state index is -0.498. The zero-order valence-electron chi connectivity index (χ0n) is 15.8. The highest BCUT2D eigenvalue weighted by Crippen LogP contribution is 2.23. The lowest BCUT2D eigenvalue weighted by atomic mass is 10.1. The number of nitrogens with one attached hydrogen (secondary N) is 1. The summed E-state index contributed by atoms with van der Waals surface area (Å²) in [4.78, 5) is 28.2. The van der Waals surface area contributed by atoms with Crippen LogP contribution in [-0.4, -0.2) is 29.2 Å². The fraction of sp³-hybridized carbons (Fsp3) is 0.286. The van der Waals surface area contributed by atoms with Gasteiger partial charge in [-0.1, -0.05) is 55.1 Å². The van der Waals surface area contributed by atoms with Crippen molar-refractivity contribution >= 4 is 34.7 Å². The van der Waals surface area contributed by atoms with Crippen LogP contribution in [0.15, 0.2) is 58.2 Å². The second-order valence-electron chi connectivity index (χ2n) is 6.28. The van der Waals surface area contributed by atoms with Crippen molar-refractivity contribution in [1.29, 1.82) is 0 Å². The van der Waals surface area contributed by atoms with Gasteiger partial charge in [0.25, 0.3) is 11.1 Å². The summed E-state index contributed by atoms with van der Waals surface area (Å²) < 4.78 is 10.6. The number of esters is 1. The molecule has 28 heavy (non-hydrogen) atoms. The van der Waals surface area contributed by atoms with Crippen LogP contribution in [0.3, 0.4) is 0 Å². The van der Waals surface area contributed by atoms with Gasteiger partial charge in [-0.2, -0.15) is 0 Å². The van der Waals surface area contributed by atoms with Crippen molar-refractivity contribution in [2.75, 3.05) is 12.4 Å². The molecule has 146 valence electrons. The molecule has 0 spiro atoms. The summed E-state index contributed by atoms with van der Waals surface area (Å²) in [5.41, 5.74) is 3.65. The Morgan fingerprint density at radius 1 is 1.18 bits per heavy atom. The first-order valence-electron chi connectivity index (χ1n) is 9.07. The van der Waals surface area contributed by atoms with Crippen LogP contribution in [0.4, 0.5) is 0 Å². The summed E-state index contributed by atoms with van der Waals surface area (Å²) >= 11 is 1.14. The number of amides is 1. The van der Waals surface area contributed by atoms with Gasteiger partial charge in [0.1, 0.15) is 11.3 Å². The molecule has 1 amide bonds. The Morgan fingerprint density at radius 3 is 2.64 bits per heavy atom. The molecule has 1 heterocycles. The van der Waals surface area contributed by atoms with Crippen LogP contribution in [0.2, 0.25) is 0 Å². The number of benzene rings is 2. The molecule has 3 aromatic rings. The molecule has 0 radical (unpaired) electrons. The minimum Gasteiger partial charge on any atom is -0.455 e. The number of rotatable bonds is 8. The molecule has 7 heteroatoms. The average Bonchev–Trinajstić information content (AvgIpc) is 3.13. The van der Waals surface area contributed by atoms with Crippen LogP contribution in [0.1, 0.15) is 31.0 Å². The Morgan fingerprint density at radius 2 is 1.93 bits per heavy atom. The number of oxazole rings is 1. The number of carbonyl (C=O) groups excluding carboxylic acids is 2. The largest absolute Gasteiger partial charge is 0.455 e. The lowest BCUT2D eigenvalue weighted by Crippen LogP contribution is -2.31. The van der Waals surface area contributed by atoms with Gasteiger partial charge in [0.05, 0.1) is 6.04 Å². The highest BCUT2D eigenvalue weighted by atomic mass is 32.2. The molecule has 0 saturated heterocycles. The first-order valence-corrected chi connectivity index (χ1v) is 10.1. The van der Waals surface area contributed by atoms with E-state index in [0.717, 1.165) is 29.3 Å². The number of carbonyl (C=O) groups is 2. The number of aryl methyl sites for hydroxylation is 1. The van der Waals surface area contributed by atoms with E-state index in [2.05, 4.69) is 17.2 Å². The molecule has 1 N–H and O–H groups in total. The SMILES string of the molecule is CCc1ccc(C(C)NC(=O)COC(=O)CSc2nc3ccccc3o2)cc1. The van der Waals surface area contributed by atoms with E-state index in [1.165, 1.54) is 5.56 Å². The van der Waals surface area contributed by atoms with Gasteiger partial charge in [0.15, 0.2) is 12.2 Å². The van der Waals surface area contributed by atoms with E-state index in [1.54, 1.807) is 0 Å². The van der Waals surface area contributed by atoms with Crippen molar-refractivity contribution in [3.8, 4) is 0 Å². The Kier molecular flexibility index (Phi) is 6.71. The van der Waals surface area contributed by atoms with E-state index in [0.29, 0.717) is 10.8 Å². The van der Waals surface area contributed by atoms with Gasteiger partial charge in [-0.25, -0.2) is 4.98 Å². The summed E-state index contributed by atoms with van der Waals surface area (Å²) in [6.45, 7) is 3.67. The van der Waals surface area contributed by atoms with E-state index in [4.69, 9.17) is 9.15 Å². The second-order valence-corrected chi connectivity index (χ2v) is 7.21. The van der Waals surface area contributed by atoms with E-state index in [-0.39, 0.29) is 24.3 Å². The molecule has 6 nitrogen and oxygen atoms in total. The van der Waals surface area contributed by atoms with Gasteiger partial charge in [-0.3, -0.25) is 9.59 Å². The number of fused-ring (bicyclic) bond motifs is 1. The Labute approximate surface area is 167 Å². The van der Waals surface area contributed by atoms with Gasteiger partial charge >= 0.3 is 5.97 Å². The van der Waals surface area contributed by atoms with Crippen molar-refractivity contribution < 1.29 is 18.7 Å². The highest BCUT2D eigenvalue weighted by molar-refractivity contribution is 7.99. The first-order chi connectivity index (χ1) is 13.5. The van der Waals surface area contributed by atoms with Crippen LogP contribution >= 0.6 is 11.8 Å². The van der Waals surface area contributed by atoms with Crippen LogP contribution in [-0.2, 0) is 20.7 Å². The smallest absolute Gasteiger partial charge is 0.316 e. The predicted molar refractivity (Wildman–Crippen MR) is 108 cm³/mol. The maximum Gasteiger partial charge on any atom is 0.316 e. The number of para-hydroxylation sites is 2.